The zero-order valence-corrected chi connectivity index (χ0v) is 13.6. The SMILES string of the molecule is NCC(NC(=O)c1ccc(I)c(Cl)c1)C1CCCC1. The molecule has 2 rings (SSSR count). The highest BCUT2D eigenvalue weighted by atomic mass is 127. The maximum absolute atomic E-state index is 12.2. The Bertz CT molecular complexity index is 461. The van der Waals surface area contributed by atoms with Crippen molar-refractivity contribution in [1.82, 2.24) is 5.32 Å². The van der Waals surface area contributed by atoms with Crippen molar-refractivity contribution in [1.29, 1.82) is 0 Å². The van der Waals surface area contributed by atoms with E-state index in [0.717, 1.165) is 16.4 Å². The molecule has 1 saturated carbocycles. The Morgan fingerprint density at radius 1 is 1.47 bits per heavy atom. The first-order valence-electron chi connectivity index (χ1n) is 6.58. The number of nitrogens with one attached hydrogen (secondary N) is 1. The summed E-state index contributed by atoms with van der Waals surface area (Å²) in [6.07, 6.45) is 4.81. The van der Waals surface area contributed by atoms with Crippen molar-refractivity contribution in [3.05, 3.63) is 32.4 Å². The van der Waals surface area contributed by atoms with E-state index in [1.165, 1.54) is 12.8 Å². The van der Waals surface area contributed by atoms with Crippen LogP contribution in [0.25, 0.3) is 0 Å². The highest BCUT2D eigenvalue weighted by Gasteiger charge is 2.25. The van der Waals surface area contributed by atoms with E-state index in [-0.39, 0.29) is 11.9 Å². The van der Waals surface area contributed by atoms with Gasteiger partial charge in [0.05, 0.1) is 5.02 Å². The summed E-state index contributed by atoms with van der Waals surface area (Å²) < 4.78 is 0.946. The Kier molecular flexibility index (Phi) is 5.47. The van der Waals surface area contributed by atoms with Crippen molar-refractivity contribution in [2.75, 3.05) is 6.54 Å². The van der Waals surface area contributed by atoms with E-state index in [9.17, 15) is 4.79 Å². The number of carbonyl (C=O) groups is 1. The molecular weight excluding hydrogens is 375 g/mol. The average molecular weight is 393 g/mol. The third-order valence-corrected chi connectivity index (χ3v) is 5.29. The van der Waals surface area contributed by atoms with Gasteiger partial charge in [0.2, 0.25) is 0 Å². The van der Waals surface area contributed by atoms with Crippen LogP contribution in [0.3, 0.4) is 0 Å². The van der Waals surface area contributed by atoms with Crippen LogP contribution in [0.2, 0.25) is 5.02 Å². The van der Waals surface area contributed by atoms with Gasteiger partial charge in [0.1, 0.15) is 0 Å². The highest BCUT2D eigenvalue weighted by molar-refractivity contribution is 14.1. The van der Waals surface area contributed by atoms with Gasteiger partial charge in [0.15, 0.2) is 0 Å². The smallest absolute Gasteiger partial charge is 0.251 e. The fourth-order valence-electron chi connectivity index (χ4n) is 2.62. The highest BCUT2D eigenvalue weighted by Crippen LogP contribution is 2.27. The maximum atomic E-state index is 12.2. The second-order valence-electron chi connectivity index (χ2n) is 4.99. The Labute approximate surface area is 132 Å². The molecule has 1 fully saturated rings. The lowest BCUT2D eigenvalue weighted by atomic mass is 9.98. The standard InChI is InChI=1S/C14H18ClIN2O/c15-11-7-10(5-6-12(11)16)14(19)18-13(8-17)9-3-1-2-4-9/h5-7,9,13H,1-4,8,17H2,(H,18,19). The van der Waals surface area contributed by atoms with E-state index in [0.29, 0.717) is 23.0 Å². The number of benzene rings is 1. The number of hydrogen-bond acceptors (Lipinski definition) is 2. The van der Waals surface area contributed by atoms with Crippen LogP contribution in [0.15, 0.2) is 18.2 Å². The molecule has 0 saturated heterocycles. The Morgan fingerprint density at radius 3 is 2.74 bits per heavy atom. The molecule has 1 aliphatic rings. The minimum Gasteiger partial charge on any atom is -0.348 e. The van der Waals surface area contributed by atoms with Gasteiger partial charge < -0.3 is 11.1 Å². The van der Waals surface area contributed by atoms with Crippen molar-refractivity contribution in [3.63, 3.8) is 0 Å². The van der Waals surface area contributed by atoms with Crippen molar-refractivity contribution >= 4 is 40.1 Å². The first-order chi connectivity index (χ1) is 9.11. The first-order valence-corrected chi connectivity index (χ1v) is 8.03. The first kappa shape index (κ1) is 15.1. The summed E-state index contributed by atoms with van der Waals surface area (Å²) in [5.74, 6) is 0.439. The molecule has 0 spiro atoms. The molecule has 1 atom stereocenters. The summed E-state index contributed by atoms with van der Waals surface area (Å²) in [5.41, 5.74) is 6.39. The summed E-state index contributed by atoms with van der Waals surface area (Å²) in [6.45, 7) is 0.495. The molecule has 1 aromatic carbocycles. The van der Waals surface area contributed by atoms with Crippen molar-refractivity contribution in [2.24, 2.45) is 11.7 Å². The average Bonchev–Trinajstić information content (AvgIpc) is 2.92. The van der Waals surface area contributed by atoms with E-state index in [1.807, 2.05) is 6.07 Å². The van der Waals surface area contributed by atoms with Gasteiger partial charge in [0.25, 0.3) is 5.91 Å². The van der Waals surface area contributed by atoms with Gasteiger partial charge in [-0.2, -0.15) is 0 Å². The van der Waals surface area contributed by atoms with Crippen molar-refractivity contribution in [2.45, 2.75) is 31.7 Å². The van der Waals surface area contributed by atoms with Crippen LogP contribution in [0.4, 0.5) is 0 Å². The molecule has 3 N–H and O–H groups in total. The van der Waals surface area contributed by atoms with E-state index in [2.05, 4.69) is 27.9 Å². The van der Waals surface area contributed by atoms with Gasteiger partial charge in [0, 0.05) is 21.7 Å². The molecule has 1 aromatic rings. The van der Waals surface area contributed by atoms with E-state index < -0.39 is 0 Å². The van der Waals surface area contributed by atoms with Gasteiger partial charge >= 0.3 is 0 Å². The molecule has 104 valence electrons. The molecule has 0 aliphatic heterocycles. The van der Waals surface area contributed by atoms with Crippen molar-refractivity contribution in [3.8, 4) is 0 Å². The van der Waals surface area contributed by atoms with Crippen LogP contribution in [-0.4, -0.2) is 18.5 Å². The minimum absolute atomic E-state index is 0.0769. The fourth-order valence-corrected chi connectivity index (χ4v) is 3.13. The molecule has 1 unspecified atom stereocenters. The zero-order valence-electron chi connectivity index (χ0n) is 10.7. The molecular formula is C14H18ClIN2O. The lowest BCUT2D eigenvalue weighted by Crippen LogP contribution is -2.44. The number of halogens is 2. The second-order valence-corrected chi connectivity index (χ2v) is 6.56. The Hall–Kier alpha value is -0.330. The monoisotopic (exact) mass is 392 g/mol. The van der Waals surface area contributed by atoms with Gasteiger partial charge in [-0.15, -0.1) is 0 Å². The van der Waals surface area contributed by atoms with Crippen LogP contribution < -0.4 is 11.1 Å². The molecule has 19 heavy (non-hydrogen) atoms. The fraction of sp³-hybridized carbons (Fsp3) is 0.500. The second kappa shape index (κ2) is 6.90. The molecule has 1 amide bonds. The topological polar surface area (TPSA) is 55.1 Å². The lowest BCUT2D eigenvalue weighted by molar-refractivity contribution is 0.0924. The van der Waals surface area contributed by atoms with Crippen LogP contribution in [0.5, 0.6) is 0 Å². The molecule has 3 nitrogen and oxygen atoms in total. The van der Waals surface area contributed by atoms with E-state index in [1.54, 1.807) is 12.1 Å². The third-order valence-electron chi connectivity index (χ3n) is 3.72. The molecule has 5 heteroatoms. The van der Waals surface area contributed by atoms with E-state index in [4.69, 9.17) is 17.3 Å². The quantitative estimate of drug-likeness (QED) is 0.773. The molecule has 1 aliphatic carbocycles. The van der Waals surface area contributed by atoms with Gasteiger partial charge in [-0.3, -0.25) is 4.79 Å². The summed E-state index contributed by atoms with van der Waals surface area (Å²) in [4.78, 5) is 12.2. The maximum Gasteiger partial charge on any atom is 0.251 e. The van der Waals surface area contributed by atoms with Crippen LogP contribution in [-0.2, 0) is 0 Å². The number of rotatable bonds is 4. The van der Waals surface area contributed by atoms with Crippen LogP contribution >= 0.6 is 34.2 Å². The van der Waals surface area contributed by atoms with E-state index >= 15 is 0 Å². The normalized spacial score (nSPS) is 17.4. The summed E-state index contributed by atoms with van der Waals surface area (Å²) in [5, 5.41) is 3.66. The van der Waals surface area contributed by atoms with Gasteiger partial charge in [-0.25, -0.2) is 0 Å². The lowest BCUT2D eigenvalue weighted by Gasteiger charge is -2.23. The molecule has 0 heterocycles. The summed E-state index contributed by atoms with van der Waals surface area (Å²) in [6, 6.07) is 5.43. The van der Waals surface area contributed by atoms with Crippen molar-refractivity contribution < 1.29 is 4.79 Å². The Balaban J connectivity index is 2.04. The minimum atomic E-state index is -0.0827. The Morgan fingerprint density at radius 2 is 2.16 bits per heavy atom. The third kappa shape index (κ3) is 3.83. The predicted octanol–water partition coefficient (Wildman–Crippen LogP) is 3.19. The van der Waals surface area contributed by atoms with Crippen LogP contribution in [0.1, 0.15) is 36.0 Å². The number of carbonyl (C=O) groups excluding carboxylic acids is 1. The largest absolute Gasteiger partial charge is 0.348 e. The number of amides is 1. The number of hydrogen-bond donors (Lipinski definition) is 2. The van der Waals surface area contributed by atoms with Gasteiger partial charge in [-0.1, -0.05) is 24.4 Å². The molecule has 0 bridgehead atoms. The molecule has 0 aromatic heterocycles. The van der Waals surface area contributed by atoms with Gasteiger partial charge in [-0.05, 0) is 59.5 Å². The van der Waals surface area contributed by atoms with Crippen LogP contribution in [0, 0.1) is 9.49 Å². The summed E-state index contributed by atoms with van der Waals surface area (Å²) in [7, 11) is 0. The number of nitrogens with two attached hydrogens (primary N) is 1. The summed E-state index contributed by atoms with van der Waals surface area (Å²) >= 11 is 8.19. The zero-order chi connectivity index (χ0) is 13.8. The predicted molar refractivity (Wildman–Crippen MR) is 86.4 cm³/mol. The molecule has 0 radical (unpaired) electrons.